The largest absolute Gasteiger partial charge is 1.00 e. The van der Waals surface area contributed by atoms with Gasteiger partial charge < -0.3 is 9.45 Å². The van der Waals surface area contributed by atoms with Crippen molar-refractivity contribution in [3.05, 3.63) is 59.7 Å². The van der Waals surface area contributed by atoms with Crippen LogP contribution >= 0.6 is 0 Å². The van der Waals surface area contributed by atoms with Crippen LogP contribution in [-0.2, 0) is 14.9 Å². The molecule has 0 saturated carbocycles. The predicted octanol–water partition coefficient (Wildman–Crippen LogP) is -0.533. The standard InChI is InChI=1S/C19H19N3O4S.Na/c1-13-18(12-14-4-6-15(7-5-14)21(2)3)19(23)22(20-13)16-8-10-17(11-9-16)27(24,25)26;/h4-12H,1-3H3,(H,24,25,26);/q;+1/p-1. The Labute approximate surface area is 186 Å². The summed E-state index contributed by atoms with van der Waals surface area (Å²) >= 11 is 0. The summed E-state index contributed by atoms with van der Waals surface area (Å²) in [6.07, 6.45) is 1.76. The maximum atomic E-state index is 12.7. The number of amides is 1. The summed E-state index contributed by atoms with van der Waals surface area (Å²) in [5.41, 5.74) is 3.31. The molecule has 28 heavy (non-hydrogen) atoms. The zero-order chi connectivity index (χ0) is 19.8. The average Bonchev–Trinajstić information content (AvgIpc) is 2.90. The van der Waals surface area contributed by atoms with E-state index in [9.17, 15) is 17.8 Å². The van der Waals surface area contributed by atoms with Crippen molar-refractivity contribution in [2.45, 2.75) is 11.8 Å². The zero-order valence-corrected chi connectivity index (χ0v) is 18.9. The number of nitrogens with zero attached hydrogens (tertiary/aromatic N) is 3. The Morgan fingerprint density at radius 1 is 1.04 bits per heavy atom. The minimum absolute atomic E-state index is 0. The maximum absolute atomic E-state index is 12.7. The molecule has 1 heterocycles. The van der Waals surface area contributed by atoms with Crippen molar-refractivity contribution in [3.8, 4) is 0 Å². The second-order valence-electron chi connectivity index (χ2n) is 6.29. The molecule has 0 saturated heterocycles. The van der Waals surface area contributed by atoms with E-state index in [-0.39, 0.29) is 40.4 Å². The van der Waals surface area contributed by atoms with Gasteiger partial charge in [-0.1, -0.05) is 12.1 Å². The first kappa shape index (κ1) is 22.3. The molecule has 1 amide bonds. The fourth-order valence-electron chi connectivity index (χ4n) is 2.65. The van der Waals surface area contributed by atoms with Crippen LogP contribution in [0.4, 0.5) is 11.4 Å². The summed E-state index contributed by atoms with van der Waals surface area (Å²) in [7, 11) is -0.632. The monoisotopic (exact) mass is 407 g/mol. The van der Waals surface area contributed by atoms with E-state index in [0.29, 0.717) is 17.0 Å². The molecule has 2 aromatic carbocycles. The molecule has 140 valence electrons. The molecule has 1 aliphatic rings. The van der Waals surface area contributed by atoms with Crippen molar-refractivity contribution >= 4 is 39.2 Å². The fourth-order valence-corrected chi connectivity index (χ4v) is 3.12. The summed E-state index contributed by atoms with van der Waals surface area (Å²) in [5.74, 6) is -0.318. The molecular weight excluding hydrogens is 389 g/mol. The Morgan fingerprint density at radius 3 is 2.11 bits per heavy atom. The number of carbonyl (C=O) groups is 1. The summed E-state index contributed by atoms with van der Waals surface area (Å²) < 4.78 is 33.1. The first-order valence-corrected chi connectivity index (χ1v) is 9.53. The molecule has 0 aliphatic carbocycles. The SMILES string of the molecule is CC1=NN(c2ccc(S(=O)(=O)[O-])cc2)C(=O)C1=Cc1ccc(N(C)C)cc1.[Na+]. The van der Waals surface area contributed by atoms with Gasteiger partial charge in [0.1, 0.15) is 10.1 Å². The Kier molecular flexibility index (Phi) is 6.84. The molecule has 0 unspecified atom stereocenters. The minimum Gasteiger partial charge on any atom is -0.744 e. The van der Waals surface area contributed by atoms with Gasteiger partial charge in [0, 0.05) is 19.8 Å². The molecule has 0 bridgehead atoms. The molecular formula is C19H18N3NaO4S. The van der Waals surface area contributed by atoms with Crippen LogP contribution in [0.5, 0.6) is 0 Å². The van der Waals surface area contributed by atoms with E-state index >= 15 is 0 Å². The number of hydrogen-bond donors (Lipinski definition) is 0. The molecule has 0 spiro atoms. The van der Waals surface area contributed by atoms with E-state index in [4.69, 9.17) is 0 Å². The first-order valence-electron chi connectivity index (χ1n) is 8.12. The van der Waals surface area contributed by atoms with Gasteiger partial charge in [0.15, 0.2) is 0 Å². The smallest absolute Gasteiger partial charge is 0.744 e. The second-order valence-corrected chi connectivity index (χ2v) is 7.67. The Morgan fingerprint density at radius 2 is 1.61 bits per heavy atom. The summed E-state index contributed by atoms with van der Waals surface area (Å²) in [4.78, 5) is 14.4. The molecule has 0 radical (unpaired) electrons. The van der Waals surface area contributed by atoms with Crippen LogP contribution < -0.4 is 39.5 Å². The van der Waals surface area contributed by atoms with Crippen LogP contribution in [0, 0.1) is 0 Å². The van der Waals surface area contributed by atoms with E-state index in [1.165, 1.54) is 17.1 Å². The quantitative estimate of drug-likeness (QED) is 0.386. The molecule has 0 aromatic heterocycles. The second kappa shape index (κ2) is 8.59. The van der Waals surface area contributed by atoms with Gasteiger partial charge in [0.05, 0.1) is 21.9 Å². The van der Waals surface area contributed by atoms with Crippen molar-refractivity contribution < 1.29 is 47.3 Å². The summed E-state index contributed by atoms with van der Waals surface area (Å²) in [5, 5.41) is 5.44. The van der Waals surface area contributed by atoms with Crippen molar-refractivity contribution in [2.24, 2.45) is 5.10 Å². The summed E-state index contributed by atoms with van der Waals surface area (Å²) in [6.45, 7) is 1.73. The maximum Gasteiger partial charge on any atom is 1.00 e. The predicted molar refractivity (Wildman–Crippen MR) is 104 cm³/mol. The van der Waals surface area contributed by atoms with E-state index < -0.39 is 10.1 Å². The molecule has 0 N–H and O–H groups in total. The third-order valence-corrected chi connectivity index (χ3v) is 5.00. The average molecular weight is 407 g/mol. The van der Waals surface area contributed by atoms with E-state index in [0.717, 1.165) is 23.4 Å². The van der Waals surface area contributed by atoms with Gasteiger partial charge in [-0.25, -0.2) is 8.42 Å². The van der Waals surface area contributed by atoms with Gasteiger partial charge in [0.2, 0.25) is 0 Å². The number of hydrogen-bond acceptors (Lipinski definition) is 6. The Hall–Kier alpha value is -1.97. The molecule has 7 nitrogen and oxygen atoms in total. The van der Waals surface area contributed by atoms with Crippen LogP contribution in [-0.4, -0.2) is 38.7 Å². The van der Waals surface area contributed by atoms with Crippen molar-refractivity contribution in [3.63, 3.8) is 0 Å². The molecule has 0 fully saturated rings. The van der Waals surface area contributed by atoms with Gasteiger partial charge in [-0.3, -0.25) is 4.79 Å². The molecule has 2 aromatic rings. The Balaban J connectivity index is 0.00000280. The normalized spacial score (nSPS) is 15.4. The van der Waals surface area contributed by atoms with Crippen molar-refractivity contribution in [1.82, 2.24) is 0 Å². The topological polar surface area (TPSA) is 93.1 Å². The zero-order valence-electron chi connectivity index (χ0n) is 16.1. The molecule has 0 atom stereocenters. The van der Waals surface area contributed by atoms with Crippen molar-refractivity contribution in [1.29, 1.82) is 0 Å². The van der Waals surface area contributed by atoms with Gasteiger partial charge in [-0.05, 0) is 55.0 Å². The van der Waals surface area contributed by atoms with Crippen LogP contribution in [0.2, 0.25) is 0 Å². The Bertz CT molecular complexity index is 1040. The van der Waals surface area contributed by atoms with Gasteiger partial charge in [-0.2, -0.15) is 10.1 Å². The third kappa shape index (κ3) is 4.71. The van der Waals surface area contributed by atoms with Gasteiger partial charge >= 0.3 is 29.6 Å². The molecule has 3 rings (SSSR count). The molecule has 1 aliphatic heterocycles. The van der Waals surface area contributed by atoms with Crippen LogP contribution in [0.25, 0.3) is 6.08 Å². The third-order valence-electron chi connectivity index (χ3n) is 4.15. The summed E-state index contributed by atoms with van der Waals surface area (Å²) in [6, 6.07) is 12.8. The molecule has 9 heteroatoms. The number of rotatable bonds is 4. The van der Waals surface area contributed by atoms with Crippen LogP contribution in [0.15, 0.2) is 64.1 Å². The van der Waals surface area contributed by atoms with Crippen molar-refractivity contribution in [2.75, 3.05) is 24.0 Å². The van der Waals surface area contributed by atoms with Crippen LogP contribution in [0.3, 0.4) is 0 Å². The number of hydrazone groups is 1. The van der Waals surface area contributed by atoms with E-state index in [2.05, 4.69) is 5.10 Å². The number of anilines is 2. The number of carbonyl (C=O) groups excluding carboxylic acids is 1. The first-order chi connectivity index (χ1) is 12.7. The minimum atomic E-state index is -4.53. The number of benzene rings is 2. The van der Waals surface area contributed by atoms with E-state index in [1.807, 2.05) is 43.3 Å². The van der Waals surface area contributed by atoms with E-state index in [1.54, 1.807) is 13.0 Å². The van der Waals surface area contributed by atoms with Crippen LogP contribution in [0.1, 0.15) is 12.5 Å². The van der Waals surface area contributed by atoms with Gasteiger partial charge in [-0.15, -0.1) is 0 Å². The fraction of sp³-hybridized carbons (Fsp3) is 0.158. The van der Waals surface area contributed by atoms with Gasteiger partial charge in [0.25, 0.3) is 5.91 Å².